The molecule has 0 N–H and O–H groups in total. The van der Waals surface area contributed by atoms with Crippen molar-refractivity contribution >= 4 is 11.5 Å². The number of hydrogen-bond acceptors (Lipinski definition) is 2. The summed E-state index contributed by atoms with van der Waals surface area (Å²) in [5, 5.41) is 0. The normalized spacial score (nSPS) is 10.3. The van der Waals surface area contributed by atoms with Crippen molar-refractivity contribution in [1.29, 1.82) is 0 Å². The Labute approximate surface area is 114 Å². The van der Waals surface area contributed by atoms with Crippen molar-refractivity contribution in [3.63, 3.8) is 0 Å². The van der Waals surface area contributed by atoms with Crippen LogP contribution in [0.3, 0.4) is 0 Å². The number of carbonyl (C=O) groups is 1. The third kappa shape index (κ3) is 3.44. The molecule has 0 radical (unpaired) electrons. The molecule has 0 amide bonds. The summed E-state index contributed by atoms with van der Waals surface area (Å²) in [6.07, 6.45) is 0. The Kier molecular flexibility index (Phi) is 4.00. The molecule has 2 nitrogen and oxygen atoms in total. The monoisotopic (exact) mass is 253 g/mol. The first-order chi connectivity index (χ1) is 9.06. The number of anilines is 1. The van der Waals surface area contributed by atoms with Crippen molar-refractivity contribution in [3.05, 3.63) is 65.2 Å². The van der Waals surface area contributed by atoms with Gasteiger partial charge in [-0.2, -0.15) is 0 Å². The largest absolute Gasteiger partial charge is 0.367 e. The number of benzene rings is 2. The van der Waals surface area contributed by atoms with Gasteiger partial charge in [0.15, 0.2) is 5.78 Å². The molecule has 98 valence electrons. The van der Waals surface area contributed by atoms with Gasteiger partial charge in [-0.25, -0.2) is 0 Å². The molecular weight excluding hydrogens is 234 g/mol. The highest BCUT2D eigenvalue weighted by molar-refractivity contribution is 5.99. The maximum absolute atomic E-state index is 12.2. The molecule has 0 fully saturated rings. The lowest BCUT2D eigenvalue weighted by atomic mass is 10.1. The Balaban J connectivity index is 2.13. The fraction of sp³-hybridized carbons (Fsp3) is 0.235. The van der Waals surface area contributed by atoms with Crippen LogP contribution in [0.5, 0.6) is 0 Å². The molecule has 0 bridgehead atoms. The van der Waals surface area contributed by atoms with Crippen molar-refractivity contribution in [3.8, 4) is 0 Å². The van der Waals surface area contributed by atoms with Gasteiger partial charge in [-0.05, 0) is 37.1 Å². The summed E-state index contributed by atoms with van der Waals surface area (Å²) in [4.78, 5) is 14.2. The highest BCUT2D eigenvalue weighted by Crippen LogP contribution is 2.17. The maximum atomic E-state index is 12.2. The molecular formula is C17H19NO. The highest BCUT2D eigenvalue weighted by atomic mass is 16.1. The van der Waals surface area contributed by atoms with Crippen molar-refractivity contribution < 1.29 is 4.79 Å². The first kappa shape index (κ1) is 13.3. The highest BCUT2D eigenvalue weighted by Gasteiger charge is 2.10. The Hall–Kier alpha value is -2.09. The van der Waals surface area contributed by atoms with E-state index in [0.717, 1.165) is 11.3 Å². The summed E-state index contributed by atoms with van der Waals surface area (Å²) in [6, 6.07) is 15.8. The van der Waals surface area contributed by atoms with E-state index in [1.807, 2.05) is 42.3 Å². The van der Waals surface area contributed by atoms with E-state index in [1.165, 1.54) is 11.1 Å². The van der Waals surface area contributed by atoms with Gasteiger partial charge >= 0.3 is 0 Å². The SMILES string of the molecule is Cc1cc(C)cc(N(C)CC(=O)c2ccccc2)c1. The molecule has 0 saturated heterocycles. The zero-order valence-corrected chi connectivity index (χ0v) is 11.7. The van der Waals surface area contributed by atoms with Crippen molar-refractivity contribution in [2.24, 2.45) is 0 Å². The van der Waals surface area contributed by atoms with Gasteiger partial charge in [0.1, 0.15) is 0 Å². The molecule has 0 atom stereocenters. The minimum Gasteiger partial charge on any atom is -0.367 e. The number of rotatable bonds is 4. The maximum Gasteiger partial charge on any atom is 0.182 e. The number of aryl methyl sites for hydroxylation is 2. The van der Waals surface area contributed by atoms with Gasteiger partial charge in [-0.15, -0.1) is 0 Å². The van der Waals surface area contributed by atoms with E-state index in [4.69, 9.17) is 0 Å². The quantitative estimate of drug-likeness (QED) is 0.776. The minimum atomic E-state index is 0.141. The van der Waals surface area contributed by atoms with Crippen LogP contribution < -0.4 is 4.90 Å². The summed E-state index contributed by atoms with van der Waals surface area (Å²) < 4.78 is 0. The van der Waals surface area contributed by atoms with E-state index < -0.39 is 0 Å². The van der Waals surface area contributed by atoms with E-state index in [9.17, 15) is 4.79 Å². The van der Waals surface area contributed by atoms with Crippen molar-refractivity contribution in [1.82, 2.24) is 0 Å². The number of ketones is 1. The lowest BCUT2D eigenvalue weighted by Gasteiger charge is -2.19. The lowest BCUT2D eigenvalue weighted by Crippen LogP contribution is -2.25. The average molecular weight is 253 g/mol. The topological polar surface area (TPSA) is 20.3 Å². The molecule has 0 spiro atoms. The Morgan fingerprint density at radius 3 is 2.16 bits per heavy atom. The van der Waals surface area contributed by atoms with Crippen LogP contribution in [0.15, 0.2) is 48.5 Å². The molecule has 2 aromatic rings. The Morgan fingerprint density at radius 1 is 1.00 bits per heavy atom. The third-order valence-electron chi connectivity index (χ3n) is 3.12. The van der Waals surface area contributed by atoms with Crippen LogP contribution in [0.2, 0.25) is 0 Å². The molecule has 2 aromatic carbocycles. The molecule has 19 heavy (non-hydrogen) atoms. The Bertz CT molecular complexity index is 555. The summed E-state index contributed by atoms with van der Waals surface area (Å²) >= 11 is 0. The molecule has 2 rings (SSSR count). The van der Waals surface area contributed by atoms with Crippen LogP contribution >= 0.6 is 0 Å². The van der Waals surface area contributed by atoms with Crippen LogP contribution in [0, 0.1) is 13.8 Å². The van der Waals surface area contributed by atoms with Crippen molar-refractivity contribution in [2.45, 2.75) is 13.8 Å². The number of nitrogens with zero attached hydrogens (tertiary/aromatic N) is 1. The van der Waals surface area contributed by atoms with Crippen LogP contribution in [-0.2, 0) is 0 Å². The number of carbonyl (C=O) groups excluding carboxylic acids is 1. The molecule has 0 aromatic heterocycles. The van der Waals surface area contributed by atoms with Crippen LogP contribution in [0.1, 0.15) is 21.5 Å². The zero-order valence-electron chi connectivity index (χ0n) is 11.7. The average Bonchev–Trinajstić information content (AvgIpc) is 2.38. The van der Waals surface area contributed by atoms with Crippen LogP contribution in [-0.4, -0.2) is 19.4 Å². The number of Topliss-reactive ketones (excluding diaryl/α,β-unsaturated/α-hetero) is 1. The second kappa shape index (κ2) is 5.70. The summed E-state index contributed by atoms with van der Waals surface area (Å²) in [5.74, 6) is 0.141. The molecule has 0 heterocycles. The minimum absolute atomic E-state index is 0.141. The van der Waals surface area contributed by atoms with Gasteiger partial charge in [0.25, 0.3) is 0 Å². The third-order valence-corrected chi connectivity index (χ3v) is 3.12. The number of likely N-dealkylation sites (N-methyl/N-ethyl adjacent to an activating group) is 1. The summed E-state index contributed by atoms with van der Waals surface area (Å²) in [6.45, 7) is 4.54. The summed E-state index contributed by atoms with van der Waals surface area (Å²) in [7, 11) is 1.95. The zero-order chi connectivity index (χ0) is 13.8. The van der Waals surface area contributed by atoms with Gasteiger partial charge in [0.2, 0.25) is 0 Å². The fourth-order valence-corrected chi connectivity index (χ4v) is 2.19. The fourth-order valence-electron chi connectivity index (χ4n) is 2.19. The Morgan fingerprint density at radius 2 is 1.58 bits per heavy atom. The molecule has 0 aliphatic carbocycles. The van der Waals surface area contributed by atoms with Gasteiger partial charge in [0, 0.05) is 18.3 Å². The van der Waals surface area contributed by atoms with E-state index in [2.05, 4.69) is 32.0 Å². The summed E-state index contributed by atoms with van der Waals surface area (Å²) in [5.41, 5.74) is 4.28. The first-order valence-electron chi connectivity index (χ1n) is 6.44. The van der Waals surface area contributed by atoms with Crippen LogP contribution in [0.25, 0.3) is 0 Å². The van der Waals surface area contributed by atoms with Crippen molar-refractivity contribution in [2.75, 3.05) is 18.5 Å². The van der Waals surface area contributed by atoms with E-state index in [1.54, 1.807) is 0 Å². The first-order valence-corrected chi connectivity index (χ1v) is 6.44. The van der Waals surface area contributed by atoms with Gasteiger partial charge in [0.05, 0.1) is 6.54 Å². The van der Waals surface area contributed by atoms with E-state index >= 15 is 0 Å². The van der Waals surface area contributed by atoms with E-state index in [-0.39, 0.29) is 5.78 Å². The lowest BCUT2D eigenvalue weighted by molar-refractivity contribution is 0.100. The van der Waals surface area contributed by atoms with Gasteiger partial charge < -0.3 is 4.90 Å². The molecule has 0 saturated carbocycles. The second-order valence-corrected chi connectivity index (χ2v) is 4.99. The molecule has 0 aliphatic heterocycles. The smallest absolute Gasteiger partial charge is 0.182 e. The van der Waals surface area contributed by atoms with Gasteiger partial charge in [-0.1, -0.05) is 36.4 Å². The molecule has 0 unspecified atom stereocenters. The molecule has 2 heteroatoms. The number of hydrogen-bond donors (Lipinski definition) is 0. The second-order valence-electron chi connectivity index (χ2n) is 4.99. The van der Waals surface area contributed by atoms with E-state index in [0.29, 0.717) is 6.54 Å². The predicted octanol–water partition coefficient (Wildman–Crippen LogP) is 3.62. The molecule has 0 aliphatic rings. The van der Waals surface area contributed by atoms with Crippen LogP contribution in [0.4, 0.5) is 5.69 Å². The van der Waals surface area contributed by atoms with Gasteiger partial charge in [-0.3, -0.25) is 4.79 Å². The standard InChI is InChI=1S/C17H19NO/c1-13-9-14(2)11-16(10-13)18(3)12-17(19)15-7-5-4-6-8-15/h4-11H,12H2,1-3H3. The predicted molar refractivity (Wildman–Crippen MR) is 80.0 cm³/mol.